The molecule has 1 fully saturated rings. The summed E-state index contributed by atoms with van der Waals surface area (Å²) in [5, 5.41) is 0. The summed E-state index contributed by atoms with van der Waals surface area (Å²) in [5.41, 5.74) is 6.91. The highest BCUT2D eigenvalue weighted by molar-refractivity contribution is 5.95. The SMILES string of the molecule is Cc1ccc(C)c(C2(c3cc(C)ccc3C)CCCCCC2=O)c1. The molecule has 0 bridgehead atoms. The van der Waals surface area contributed by atoms with Gasteiger partial charge in [-0.25, -0.2) is 0 Å². The molecule has 0 saturated heterocycles. The number of hydrogen-bond acceptors (Lipinski definition) is 1. The maximum absolute atomic E-state index is 13.5. The maximum atomic E-state index is 13.5. The molecule has 1 heteroatoms. The number of carbonyl (C=O) groups excluding carboxylic acids is 1. The number of benzene rings is 2. The van der Waals surface area contributed by atoms with Crippen molar-refractivity contribution in [2.75, 3.05) is 0 Å². The Kier molecular flexibility index (Phi) is 4.62. The average molecular weight is 320 g/mol. The van der Waals surface area contributed by atoms with Crippen molar-refractivity contribution < 1.29 is 4.79 Å². The first-order chi connectivity index (χ1) is 11.4. The number of ketones is 1. The lowest BCUT2D eigenvalue weighted by Crippen LogP contribution is -2.38. The molecule has 1 aliphatic rings. The van der Waals surface area contributed by atoms with Crippen LogP contribution in [-0.4, -0.2) is 5.78 Å². The molecule has 0 atom stereocenters. The second-order valence-electron chi connectivity index (χ2n) is 7.53. The largest absolute Gasteiger partial charge is 0.298 e. The molecule has 0 heterocycles. The second-order valence-corrected chi connectivity index (χ2v) is 7.53. The molecule has 0 N–H and O–H groups in total. The molecule has 24 heavy (non-hydrogen) atoms. The fourth-order valence-corrected chi connectivity index (χ4v) is 4.31. The highest BCUT2D eigenvalue weighted by Crippen LogP contribution is 2.44. The van der Waals surface area contributed by atoms with Crippen LogP contribution in [0.5, 0.6) is 0 Å². The predicted octanol–water partition coefficient (Wildman–Crippen LogP) is 5.74. The summed E-state index contributed by atoms with van der Waals surface area (Å²) < 4.78 is 0. The lowest BCUT2D eigenvalue weighted by Gasteiger charge is -2.36. The van der Waals surface area contributed by atoms with Gasteiger partial charge in [0.25, 0.3) is 0 Å². The van der Waals surface area contributed by atoms with Crippen molar-refractivity contribution in [2.45, 2.75) is 65.2 Å². The molecular weight excluding hydrogens is 292 g/mol. The highest BCUT2D eigenvalue weighted by Gasteiger charge is 2.43. The molecule has 0 spiro atoms. The van der Waals surface area contributed by atoms with Gasteiger partial charge in [0.15, 0.2) is 0 Å². The van der Waals surface area contributed by atoms with Crippen LogP contribution < -0.4 is 0 Å². The van der Waals surface area contributed by atoms with E-state index in [1.165, 1.54) is 33.4 Å². The Hall–Kier alpha value is -1.89. The van der Waals surface area contributed by atoms with Gasteiger partial charge in [-0.3, -0.25) is 4.79 Å². The van der Waals surface area contributed by atoms with Crippen molar-refractivity contribution >= 4 is 5.78 Å². The van der Waals surface area contributed by atoms with Crippen LogP contribution in [0.25, 0.3) is 0 Å². The first-order valence-electron chi connectivity index (χ1n) is 9.14. The predicted molar refractivity (Wildman–Crippen MR) is 101 cm³/mol. The number of Topliss-reactive ketones (excluding diaryl/α,β-unsaturated/α-hetero) is 1. The lowest BCUT2D eigenvalue weighted by atomic mass is 9.65. The normalized spacial score (nSPS) is 17.6. The molecule has 3 rings (SSSR count). The quantitative estimate of drug-likeness (QED) is 0.645. The van der Waals surface area contributed by atoms with Crippen LogP contribution in [0.1, 0.15) is 65.5 Å². The van der Waals surface area contributed by atoms with Crippen LogP contribution in [0, 0.1) is 27.7 Å². The van der Waals surface area contributed by atoms with E-state index in [1.54, 1.807) is 0 Å². The second kappa shape index (κ2) is 6.55. The molecular formula is C23H28O. The number of hydrogen-bond donors (Lipinski definition) is 0. The molecule has 0 aliphatic heterocycles. The van der Waals surface area contributed by atoms with Crippen LogP contribution in [0.2, 0.25) is 0 Å². The van der Waals surface area contributed by atoms with Crippen molar-refractivity contribution in [3.8, 4) is 0 Å². The topological polar surface area (TPSA) is 17.1 Å². The van der Waals surface area contributed by atoms with Crippen molar-refractivity contribution in [1.82, 2.24) is 0 Å². The molecule has 1 saturated carbocycles. The minimum absolute atomic E-state index is 0.405. The van der Waals surface area contributed by atoms with Gasteiger partial charge in [0.2, 0.25) is 0 Å². The zero-order chi connectivity index (χ0) is 17.3. The van der Waals surface area contributed by atoms with Gasteiger partial charge in [-0.1, -0.05) is 60.4 Å². The summed E-state index contributed by atoms with van der Waals surface area (Å²) in [6.45, 7) is 8.56. The fraction of sp³-hybridized carbons (Fsp3) is 0.435. The van der Waals surface area contributed by atoms with E-state index < -0.39 is 5.41 Å². The van der Waals surface area contributed by atoms with E-state index in [2.05, 4.69) is 64.1 Å². The Bertz CT molecular complexity index is 718. The fourth-order valence-electron chi connectivity index (χ4n) is 4.31. The minimum Gasteiger partial charge on any atom is -0.298 e. The van der Waals surface area contributed by atoms with Gasteiger partial charge >= 0.3 is 0 Å². The summed E-state index contributed by atoms with van der Waals surface area (Å²) in [7, 11) is 0. The summed E-state index contributed by atoms with van der Waals surface area (Å²) in [6.07, 6.45) is 4.92. The van der Waals surface area contributed by atoms with Crippen LogP contribution in [0.15, 0.2) is 36.4 Å². The third kappa shape index (κ3) is 2.81. The van der Waals surface area contributed by atoms with Gasteiger partial charge in [0.1, 0.15) is 5.78 Å². The van der Waals surface area contributed by atoms with E-state index in [9.17, 15) is 4.79 Å². The third-order valence-corrected chi connectivity index (χ3v) is 5.64. The standard InChI is InChI=1S/C23H28O/c1-16-9-11-18(3)20(14-16)23(13-7-5-6-8-22(23)24)21-15-17(2)10-12-19(21)4/h9-12,14-15H,5-8,13H2,1-4H3. The first kappa shape index (κ1) is 17.0. The van der Waals surface area contributed by atoms with Gasteiger partial charge in [0.05, 0.1) is 5.41 Å². The monoisotopic (exact) mass is 320 g/mol. The molecule has 0 amide bonds. The van der Waals surface area contributed by atoms with E-state index >= 15 is 0 Å². The summed E-state index contributed by atoms with van der Waals surface area (Å²) in [4.78, 5) is 13.5. The van der Waals surface area contributed by atoms with Crippen molar-refractivity contribution in [3.05, 3.63) is 69.8 Å². The Balaban J connectivity index is 2.34. The zero-order valence-corrected chi connectivity index (χ0v) is 15.4. The summed E-state index contributed by atoms with van der Waals surface area (Å²) in [6, 6.07) is 13.2. The maximum Gasteiger partial charge on any atom is 0.147 e. The smallest absolute Gasteiger partial charge is 0.147 e. The van der Waals surface area contributed by atoms with Crippen LogP contribution in [0.4, 0.5) is 0 Å². The summed E-state index contributed by atoms with van der Waals surface area (Å²) in [5.74, 6) is 0.405. The van der Waals surface area contributed by atoms with E-state index in [-0.39, 0.29) is 0 Å². The average Bonchev–Trinajstić information content (AvgIpc) is 2.74. The van der Waals surface area contributed by atoms with E-state index in [0.717, 1.165) is 25.7 Å². The van der Waals surface area contributed by atoms with Crippen LogP contribution in [0.3, 0.4) is 0 Å². The van der Waals surface area contributed by atoms with E-state index in [0.29, 0.717) is 12.2 Å². The van der Waals surface area contributed by atoms with Crippen molar-refractivity contribution in [1.29, 1.82) is 0 Å². The van der Waals surface area contributed by atoms with Crippen LogP contribution >= 0.6 is 0 Å². The van der Waals surface area contributed by atoms with Crippen LogP contribution in [-0.2, 0) is 10.2 Å². The molecule has 2 aromatic carbocycles. The summed E-state index contributed by atoms with van der Waals surface area (Å²) >= 11 is 0. The van der Waals surface area contributed by atoms with Crippen molar-refractivity contribution in [3.63, 3.8) is 0 Å². The molecule has 1 aliphatic carbocycles. The molecule has 0 aromatic heterocycles. The van der Waals surface area contributed by atoms with Gasteiger partial charge in [0, 0.05) is 6.42 Å². The van der Waals surface area contributed by atoms with Gasteiger partial charge in [-0.2, -0.15) is 0 Å². The van der Waals surface area contributed by atoms with Gasteiger partial charge < -0.3 is 0 Å². The Labute approximate surface area is 146 Å². The lowest BCUT2D eigenvalue weighted by molar-refractivity contribution is -0.123. The number of aryl methyl sites for hydroxylation is 4. The number of carbonyl (C=O) groups is 1. The van der Waals surface area contributed by atoms with Gasteiger partial charge in [-0.15, -0.1) is 0 Å². The molecule has 2 aromatic rings. The molecule has 126 valence electrons. The highest BCUT2D eigenvalue weighted by atomic mass is 16.1. The zero-order valence-electron chi connectivity index (χ0n) is 15.4. The van der Waals surface area contributed by atoms with Crippen molar-refractivity contribution in [2.24, 2.45) is 0 Å². The first-order valence-corrected chi connectivity index (χ1v) is 9.14. The molecule has 0 radical (unpaired) electrons. The van der Waals surface area contributed by atoms with Gasteiger partial charge in [-0.05, 0) is 62.8 Å². The molecule has 1 nitrogen and oxygen atoms in total. The minimum atomic E-state index is -0.470. The number of rotatable bonds is 2. The van der Waals surface area contributed by atoms with E-state index in [4.69, 9.17) is 0 Å². The molecule has 0 unspecified atom stereocenters. The Morgan fingerprint density at radius 1 is 0.750 bits per heavy atom. The Morgan fingerprint density at radius 2 is 1.29 bits per heavy atom. The third-order valence-electron chi connectivity index (χ3n) is 5.64. The van der Waals surface area contributed by atoms with E-state index in [1.807, 2.05) is 0 Å². The Morgan fingerprint density at radius 3 is 1.83 bits per heavy atom.